The molecule has 0 atom stereocenters. The lowest BCUT2D eigenvalue weighted by atomic mass is 10.1. The Balaban J connectivity index is 1.38. The molecule has 12 heteroatoms. The molecule has 2 N–H and O–H groups in total. The molecule has 2 heterocycles. The molecule has 0 spiro atoms. The van der Waals surface area contributed by atoms with Crippen molar-refractivity contribution in [3.63, 3.8) is 0 Å². The number of nitrogens with zero attached hydrogens (tertiary/aromatic N) is 4. The molecule has 0 amide bonds. The van der Waals surface area contributed by atoms with Crippen molar-refractivity contribution < 1.29 is 13.2 Å². The molecule has 0 radical (unpaired) electrons. The number of aromatic nitrogens is 4. The van der Waals surface area contributed by atoms with Gasteiger partial charge in [-0.25, -0.2) is 27.8 Å². The maximum absolute atomic E-state index is 12.5. The molecule has 0 fully saturated rings. The predicted molar refractivity (Wildman–Crippen MR) is 157 cm³/mol. The third-order valence-corrected chi connectivity index (χ3v) is 7.96. The number of anilines is 1. The average Bonchev–Trinajstić information content (AvgIpc) is 3.42. The number of methoxy groups -OCH3 is 1. The van der Waals surface area contributed by atoms with Gasteiger partial charge in [0.05, 0.1) is 28.4 Å². The molecular formula is C28H24Cl2N6O3S. The van der Waals surface area contributed by atoms with Crippen molar-refractivity contribution in [3.8, 4) is 34.0 Å². The van der Waals surface area contributed by atoms with Crippen molar-refractivity contribution in [3.05, 3.63) is 101 Å². The van der Waals surface area contributed by atoms with Crippen molar-refractivity contribution in [1.82, 2.24) is 24.5 Å². The Bertz CT molecular complexity index is 1730. The van der Waals surface area contributed by atoms with E-state index in [1.807, 2.05) is 48.7 Å². The molecule has 3 aromatic carbocycles. The van der Waals surface area contributed by atoms with Gasteiger partial charge in [-0.1, -0.05) is 47.5 Å². The average molecular weight is 596 g/mol. The van der Waals surface area contributed by atoms with Crippen molar-refractivity contribution in [2.75, 3.05) is 25.5 Å². The van der Waals surface area contributed by atoms with Crippen LogP contribution in [-0.2, 0) is 10.0 Å². The lowest BCUT2D eigenvalue weighted by Gasteiger charge is -2.09. The monoisotopic (exact) mass is 594 g/mol. The van der Waals surface area contributed by atoms with Gasteiger partial charge in [0.2, 0.25) is 16.0 Å². The molecule has 40 heavy (non-hydrogen) atoms. The topological polar surface area (TPSA) is 111 Å². The second-order valence-electron chi connectivity index (χ2n) is 8.56. The number of hydrogen-bond acceptors (Lipinski definition) is 7. The van der Waals surface area contributed by atoms with Gasteiger partial charge in [0.25, 0.3) is 0 Å². The molecule has 0 saturated carbocycles. The van der Waals surface area contributed by atoms with Gasteiger partial charge in [-0.2, -0.15) is 5.10 Å². The van der Waals surface area contributed by atoms with E-state index in [2.05, 4.69) is 20.0 Å². The minimum Gasteiger partial charge on any atom is -0.495 e. The first-order valence-electron chi connectivity index (χ1n) is 12.2. The molecule has 5 aromatic rings. The maximum Gasteiger partial charge on any atom is 0.240 e. The van der Waals surface area contributed by atoms with Gasteiger partial charge >= 0.3 is 0 Å². The summed E-state index contributed by atoms with van der Waals surface area (Å²) in [5.74, 6) is 0.876. The largest absolute Gasteiger partial charge is 0.495 e. The summed E-state index contributed by atoms with van der Waals surface area (Å²) in [6, 6.07) is 23.0. The smallest absolute Gasteiger partial charge is 0.240 e. The summed E-state index contributed by atoms with van der Waals surface area (Å²) in [5.41, 5.74) is 3.76. The number of rotatable bonds is 10. The summed E-state index contributed by atoms with van der Waals surface area (Å²) in [4.78, 5) is 9.10. The number of nitrogens with one attached hydrogen (secondary N) is 2. The number of hydrogen-bond donors (Lipinski definition) is 2. The third kappa shape index (κ3) is 6.26. The highest BCUT2D eigenvalue weighted by Gasteiger charge is 2.18. The quantitative estimate of drug-likeness (QED) is 0.199. The van der Waals surface area contributed by atoms with Crippen LogP contribution in [0, 0.1) is 0 Å². The Kier molecular flexibility index (Phi) is 8.32. The predicted octanol–water partition coefficient (Wildman–Crippen LogP) is 5.70. The van der Waals surface area contributed by atoms with Gasteiger partial charge in [0.15, 0.2) is 0 Å². The lowest BCUT2D eigenvalue weighted by Crippen LogP contribution is -2.29. The fourth-order valence-corrected chi connectivity index (χ4v) is 5.30. The fraction of sp³-hybridized carbons (Fsp3) is 0.107. The molecule has 0 aliphatic carbocycles. The molecule has 2 aromatic heterocycles. The van der Waals surface area contributed by atoms with Crippen LogP contribution in [0.1, 0.15) is 0 Å². The molecule has 0 unspecified atom stereocenters. The van der Waals surface area contributed by atoms with Crippen molar-refractivity contribution in [2.45, 2.75) is 4.90 Å². The summed E-state index contributed by atoms with van der Waals surface area (Å²) < 4.78 is 34.8. The van der Waals surface area contributed by atoms with E-state index in [1.54, 1.807) is 30.1 Å². The molecule has 204 valence electrons. The molecule has 0 aliphatic heterocycles. The zero-order chi connectivity index (χ0) is 28.1. The van der Waals surface area contributed by atoms with E-state index >= 15 is 0 Å². The van der Waals surface area contributed by atoms with E-state index in [4.69, 9.17) is 33.0 Å². The van der Waals surface area contributed by atoms with E-state index in [0.717, 1.165) is 16.8 Å². The van der Waals surface area contributed by atoms with Crippen LogP contribution in [0.25, 0.3) is 28.2 Å². The van der Waals surface area contributed by atoms with Gasteiger partial charge < -0.3 is 10.1 Å². The lowest BCUT2D eigenvalue weighted by molar-refractivity contribution is 0.415. The Morgan fingerprint density at radius 2 is 1.73 bits per heavy atom. The highest BCUT2D eigenvalue weighted by molar-refractivity contribution is 7.89. The number of sulfonamides is 1. The van der Waals surface area contributed by atoms with Crippen LogP contribution in [0.2, 0.25) is 10.0 Å². The standard InChI is InChI=1S/C28H24Cl2N6O3S/c1-39-26-17-19(7-12-24(26)30)27-23(18-36(35-27)21-5-3-2-4-6-21)25-13-14-31-28(34-25)32-15-16-33-40(37,38)22-10-8-20(29)9-11-22/h2-14,17-18,33H,15-16H2,1H3,(H,31,32,34). The van der Waals surface area contributed by atoms with Crippen LogP contribution in [0.15, 0.2) is 96.2 Å². The Hall–Kier alpha value is -3.96. The molecular weight excluding hydrogens is 571 g/mol. The second-order valence-corrected chi connectivity index (χ2v) is 11.2. The SMILES string of the molecule is COc1cc(-c2nn(-c3ccccc3)cc2-c2ccnc(NCCNS(=O)(=O)c3ccc(Cl)cc3)n2)ccc1Cl. The summed E-state index contributed by atoms with van der Waals surface area (Å²) in [5, 5.41) is 8.89. The highest BCUT2D eigenvalue weighted by Crippen LogP contribution is 2.35. The van der Waals surface area contributed by atoms with E-state index in [-0.39, 0.29) is 18.0 Å². The maximum atomic E-state index is 12.5. The van der Waals surface area contributed by atoms with E-state index in [9.17, 15) is 8.42 Å². The summed E-state index contributed by atoms with van der Waals surface area (Å²) in [6.45, 7) is 0.390. The zero-order valence-corrected chi connectivity index (χ0v) is 23.6. The van der Waals surface area contributed by atoms with Crippen LogP contribution < -0.4 is 14.8 Å². The number of ether oxygens (including phenoxy) is 1. The van der Waals surface area contributed by atoms with E-state index in [0.29, 0.717) is 33.1 Å². The fourth-order valence-electron chi connectivity index (χ4n) is 3.95. The summed E-state index contributed by atoms with van der Waals surface area (Å²) in [7, 11) is -2.11. The minimum atomic E-state index is -3.67. The van der Waals surface area contributed by atoms with E-state index in [1.165, 1.54) is 24.3 Å². The number of para-hydroxylation sites is 1. The normalized spacial score (nSPS) is 11.4. The molecule has 0 bridgehead atoms. The number of halogens is 2. The van der Waals surface area contributed by atoms with Gasteiger partial charge in [-0.05, 0) is 54.6 Å². The highest BCUT2D eigenvalue weighted by atomic mass is 35.5. The minimum absolute atomic E-state index is 0.125. The first kappa shape index (κ1) is 27.6. The van der Waals surface area contributed by atoms with Crippen LogP contribution in [0.5, 0.6) is 5.75 Å². The summed E-state index contributed by atoms with van der Waals surface area (Å²) >= 11 is 12.1. The molecule has 0 saturated heterocycles. The third-order valence-electron chi connectivity index (χ3n) is 5.92. The zero-order valence-electron chi connectivity index (χ0n) is 21.3. The van der Waals surface area contributed by atoms with Gasteiger partial charge in [0, 0.05) is 41.6 Å². The van der Waals surface area contributed by atoms with E-state index < -0.39 is 10.0 Å². The van der Waals surface area contributed by atoms with Crippen molar-refractivity contribution in [1.29, 1.82) is 0 Å². The molecule has 5 rings (SSSR count). The first-order valence-corrected chi connectivity index (χ1v) is 14.4. The second kappa shape index (κ2) is 12.1. The Morgan fingerprint density at radius 1 is 0.950 bits per heavy atom. The van der Waals surface area contributed by atoms with Crippen LogP contribution in [-0.4, -0.2) is 48.4 Å². The molecule has 0 aliphatic rings. The molecule has 9 nitrogen and oxygen atoms in total. The van der Waals surface area contributed by atoms with Gasteiger partial charge in [-0.15, -0.1) is 0 Å². The Labute approximate surface area is 241 Å². The van der Waals surface area contributed by atoms with Crippen LogP contribution in [0.4, 0.5) is 5.95 Å². The van der Waals surface area contributed by atoms with Crippen LogP contribution >= 0.6 is 23.2 Å². The van der Waals surface area contributed by atoms with Gasteiger partial charge in [-0.3, -0.25) is 0 Å². The van der Waals surface area contributed by atoms with Crippen molar-refractivity contribution >= 4 is 39.2 Å². The first-order chi connectivity index (χ1) is 19.3. The summed E-state index contributed by atoms with van der Waals surface area (Å²) in [6.07, 6.45) is 3.53. The van der Waals surface area contributed by atoms with Crippen LogP contribution in [0.3, 0.4) is 0 Å². The number of benzene rings is 3. The van der Waals surface area contributed by atoms with Gasteiger partial charge in [0.1, 0.15) is 11.4 Å². The van der Waals surface area contributed by atoms with Crippen molar-refractivity contribution in [2.24, 2.45) is 0 Å². The Morgan fingerprint density at radius 3 is 2.48 bits per heavy atom.